The number of thioether (sulfide) groups is 1. The number of anilines is 1. The molecule has 0 aliphatic carbocycles. The number of hydrogen-bond acceptors (Lipinski definition) is 5. The molecule has 2 N–H and O–H groups in total. The van der Waals surface area contributed by atoms with Crippen LogP contribution in [0.15, 0.2) is 64.1 Å². The Hall–Kier alpha value is -2.65. The Balaban J connectivity index is 1.75. The van der Waals surface area contributed by atoms with Gasteiger partial charge in [0.05, 0.1) is 11.6 Å². The number of nitrogens with one attached hydrogen (secondary N) is 1. The van der Waals surface area contributed by atoms with E-state index in [1.807, 2.05) is 30.3 Å². The molecule has 2 unspecified atom stereocenters. The number of carbonyl (C=O) groups excluding carboxylic acids is 2. The van der Waals surface area contributed by atoms with Crippen LogP contribution in [-0.2, 0) is 14.4 Å². The molecule has 0 saturated carbocycles. The summed E-state index contributed by atoms with van der Waals surface area (Å²) in [5, 5.41) is 11.8. The number of hydrogen-bond donors (Lipinski definition) is 2. The fraction of sp³-hybridized carbons (Fsp3) is 0.238. The molecule has 156 valence electrons. The second-order valence-electron chi connectivity index (χ2n) is 6.78. The van der Waals surface area contributed by atoms with Gasteiger partial charge in [0.25, 0.3) is 0 Å². The number of rotatable bonds is 7. The zero-order valence-corrected chi connectivity index (χ0v) is 18.5. The Morgan fingerprint density at radius 2 is 1.87 bits per heavy atom. The molecule has 0 radical (unpaired) electrons. The summed E-state index contributed by atoms with van der Waals surface area (Å²) in [7, 11) is 0. The van der Waals surface area contributed by atoms with E-state index < -0.39 is 17.1 Å². The number of amidine groups is 1. The molecule has 3 rings (SSSR count). The molecule has 1 aliphatic heterocycles. The minimum atomic E-state index is -0.997. The van der Waals surface area contributed by atoms with Gasteiger partial charge in [-0.1, -0.05) is 52.8 Å². The Morgan fingerprint density at radius 1 is 1.20 bits per heavy atom. The molecule has 1 fully saturated rings. The summed E-state index contributed by atoms with van der Waals surface area (Å²) in [6, 6.07) is 16.2. The third-order valence-electron chi connectivity index (χ3n) is 4.38. The monoisotopic (exact) mass is 489 g/mol. The number of aliphatic carboxylic acids is 1. The fourth-order valence-electron chi connectivity index (χ4n) is 2.77. The Bertz CT molecular complexity index is 966. The Labute approximate surface area is 186 Å². The number of aliphatic imine (C=N–C) groups is 1. The Kier molecular flexibility index (Phi) is 7.28. The summed E-state index contributed by atoms with van der Waals surface area (Å²) in [6.45, 7) is 1.53. The van der Waals surface area contributed by atoms with Crippen molar-refractivity contribution in [2.45, 2.75) is 18.6 Å². The van der Waals surface area contributed by atoms with Crippen molar-refractivity contribution in [3.8, 4) is 0 Å². The molecule has 7 nitrogen and oxygen atoms in total. The molecular formula is C21H20BrN3O4S. The van der Waals surface area contributed by atoms with Crippen molar-refractivity contribution in [1.82, 2.24) is 4.90 Å². The first-order valence-electron chi connectivity index (χ1n) is 9.23. The van der Waals surface area contributed by atoms with E-state index in [-0.39, 0.29) is 24.8 Å². The van der Waals surface area contributed by atoms with Gasteiger partial charge in [0, 0.05) is 23.1 Å². The van der Waals surface area contributed by atoms with Crippen molar-refractivity contribution in [3.05, 3.63) is 59.1 Å². The van der Waals surface area contributed by atoms with Gasteiger partial charge in [-0.2, -0.15) is 0 Å². The molecule has 2 atom stereocenters. The highest BCUT2D eigenvalue weighted by atomic mass is 79.9. The zero-order chi connectivity index (χ0) is 21.7. The highest BCUT2D eigenvalue weighted by Gasteiger charge is 2.40. The molecule has 0 aromatic heterocycles. The van der Waals surface area contributed by atoms with Gasteiger partial charge in [-0.05, 0) is 36.4 Å². The molecule has 2 aromatic rings. The number of amides is 2. The summed E-state index contributed by atoms with van der Waals surface area (Å²) >= 11 is 4.52. The summed E-state index contributed by atoms with van der Waals surface area (Å²) in [4.78, 5) is 42.6. The van der Waals surface area contributed by atoms with Gasteiger partial charge >= 0.3 is 5.97 Å². The SMILES string of the molecule is CC(CN1C(=O)C(CC(=O)Nc2ccc(Br)cc2)SC1=Nc1ccccc1)C(=O)O. The number of halogens is 1. The number of carbonyl (C=O) groups is 3. The van der Waals surface area contributed by atoms with Crippen molar-refractivity contribution in [2.24, 2.45) is 10.9 Å². The third-order valence-corrected chi connectivity index (χ3v) is 6.08. The topological polar surface area (TPSA) is 99.1 Å². The molecule has 1 saturated heterocycles. The van der Waals surface area contributed by atoms with Crippen molar-refractivity contribution in [3.63, 3.8) is 0 Å². The first-order chi connectivity index (χ1) is 14.3. The maximum absolute atomic E-state index is 12.9. The normalized spacial score (nSPS) is 18.5. The van der Waals surface area contributed by atoms with Gasteiger partial charge in [0.2, 0.25) is 11.8 Å². The maximum Gasteiger partial charge on any atom is 0.308 e. The van der Waals surface area contributed by atoms with Gasteiger partial charge in [0.1, 0.15) is 5.25 Å². The van der Waals surface area contributed by atoms with Crippen LogP contribution >= 0.6 is 27.7 Å². The summed E-state index contributed by atoms with van der Waals surface area (Å²) in [6.07, 6.45) is -0.0364. The number of benzene rings is 2. The average Bonchev–Trinajstić information content (AvgIpc) is 2.99. The lowest BCUT2D eigenvalue weighted by atomic mass is 10.1. The second-order valence-corrected chi connectivity index (χ2v) is 8.87. The number of para-hydroxylation sites is 1. The molecule has 9 heteroatoms. The van der Waals surface area contributed by atoms with Gasteiger partial charge in [-0.3, -0.25) is 19.3 Å². The number of carboxylic acids is 1. The summed E-state index contributed by atoms with van der Waals surface area (Å²) < 4.78 is 0.895. The van der Waals surface area contributed by atoms with Crippen LogP contribution in [0.1, 0.15) is 13.3 Å². The van der Waals surface area contributed by atoms with Crippen LogP contribution in [0.3, 0.4) is 0 Å². The summed E-state index contributed by atoms with van der Waals surface area (Å²) in [5.41, 5.74) is 1.29. The van der Waals surface area contributed by atoms with Crippen LogP contribution in [0.2, 0.25) is 0 Å². The molecule has 0 bridgehead atoms. The molecule has 30 heavy (non-hydrogen) atoms. The van der Waals surface area contributed by atoms with E-state index in [0.717, 1.165) is 4.47 Å². The van der Waals surface area contributed by atoms with E-state index in [2.05, 4.69) is 26.2 Å². The van der Waals surface area contributed by atoms with E-state index >= 15 is 0 Å². The standard InChI is InChI=1S/C21H20BrN3O4S/c1-13(20(28)29)12-25-19(27)17(30-21(25)24-15-5-3-2-4-6-15)11-18(26)23-16-9-7-14(22)8-10-16/h2-10,13,17H,11-12H2,1H3,(H,23,26)(H,28,29). The minimum Gasteiger partial charge on any atom is -0.481 e. The van der Waals surface area contributed by atoms with E-state index in [1.54, 1.807) is 24.3 Å². The lowest BCUT2D eigenvalue weighted by molar-refractivity contribution is -0.142. The molecule has 1 heterocycles. The van der Waals surface area contributed by atoms with Gasteiger partial charge in [-0.15, -0.1) is 0 Å². The highest BCUT2D eigenvalue weighted by Crippen LogP contribution is 2.32. The largest absolute Gasteiger partial charge is 0.481 e. The van der Waals surface area contributed by atoms with Crippen LogP contribution in [-0.4, -0.2) is 44.8 Å². The van der Waals surface area contributed by atoms with Gasteiger partial charge in [0.15, 0.2) is 5.17 Å². The molecular weight excluding hydrogens is 470 g/mol. The fourth-order valence-corrected chi connectivity index (χ4v) is 4.20. The smallest absolute Gasteiger partial charge is 0.308 e. The van der Waals surface area contributed by atoms with Crippen LogP contribution in [0.4, 0.5) is 11.4 Å². The zero-order valence-electron chi connectivity index (χ0n) is 16.1. The van der Waals surface area contributed by atoms with Gasteiger partial charge < -0.3 is 10.4 Å². The quantitative estimate of drug-likeness (QED) is 0.608. The summed E-state index contributed by atoms with van der Waals surface area (Å²) in [5.74, 6) is -2.36. The highest BCUT2D eigenvalue weighted by molar-refractivity contribution is 9.10. The van der Waals surface area contributed by atoms with E-state index in [9.17, 15) is 19.5 Å². The van der Waals surface area contributed by atoms with Crippen molar-refractivity contribution < 1.29 is 19.5 Å². The van der Waals surface area contributed by atoms with Crippen molar-refractivity contribution >= 4 is 62.0 Å². The molecule has 0 spiro atoms. The third kappa shape index (κ3) is 5.70. The molecule has 2 amide bonds. The number of carboxylic acid groups (broad SMARTS) is 1. The predicted molar refractivity (Wildman–Crippen MR) is 121 cm³/mol. The average molecular weight is 490 g/mol. The van der Waals surface area contributed by atoms with E-state index in [1.165, 1.54) is 23.6 Å². The molecule has 2 aromatic carbocycles. The van der Waals surface area contributed by atoms with E-state index in [0.29, 0.717) is 16.5 Å². The minimum absolute atomic E-state index is 0.00232. The van der Waals surface area contributed by atoms with Crippen LogP contribution < -0.4 is 5.32 Å². The lowest BCUT2D eigenvalue weighted by Crippen LogP contribution is -2.38. The van der Waals surface area contributed by atoms with Crippen LogP contribution in [0.25, 0.3) is 0 Å². The first-order valence-corrected chi connectivity index (χ1v) is 10.9. The lowest BCUT2D eigenvalue weighted by Gasteiger charge is -2.18. The van der Waals surface area contributed by atoms with Crippen molar-refractivity contribution in [1.29, 1.82) is 0 Å². The van der Waals surface area contributed by atoms with Crippen LogP contribution in [0, 0.1) is 5.92 Å². The first kappa shape index (κ1) is 22.0. The number of nitrogens with zero attached hydrogens (tertiary/aromatic N) is 2. The van der Waals surface area contributed by atoms with Crippen LogP contribution in [0.5, 0.6) is 0 Å². The predicted octanol–water partition coefficient (Wildman–Crippen LogP) is 4.13. The molecule has 1 aliphatic rings. The van der Waals surface area contributed by atoms with Gasteiger partial charge in [-0.25, -0.2) is 4.99 Å². The van der Waals surface area contributed by atoms with E-state index in [4.69, 9.17) is 0 Å². The van der Waals surface area contributed by atoms with Crippen molar-refractivity contribution in [2.75, 3.05) is 11.9 Å². The maximum atomic E-state index is 12.9. The second kappa shape index (κ2) is 9.90. The Morgan fingerprint density at radius 3 is 2.50 bits per heavy atom.